The highest BCUT2D eigenvalue weighted by atomic mass is 35.5. The first kappa shape index (κ1) is 19.6. The molecule has 1 heterocycles. The number of aryl methyl sites for hydroxylation is 1. The van der Waals surface area contributed by atoms with Gasteiger partial charge in [0.1, 0.15) is 5.75 Å². The van der Waals surface area contributed by atoms with Gasteiger partial charge in [0.15, 0.2) is 5.70 Å². The lowest BCUT2D eigenvalue weighted by Gasteiger charge is -2.05. The van der Waals surface area contributed by atoms with E-state index in [9.17, 15) is 9.59 Å². The quantitative estimate of drug-likeness (QED) is 0.332. The van der Waals surface area contributed by atoms with Crippen LogP contribution in [0.4, 0.5) is 0 Å². The van der Waals surface area contributed by atoms with E-state index in [1.54, 1.807) is 72.8 Å². The molecule has 0 unspecified atom stereocenters. The average Bonchev–Trinajstić information content (AvgIpc) is 3.10. The molecule has 0 fully saturated rings. The lowest BCUT2D eigenvalue weighted by Crippen LogP contribution is -2.08. The van der Waals surface area contributed by atoms with Gasteiger partial charge in [0, 0.05) is 0 Å². The van der Waals surface area contributed by atoms with Crippen molar-refractivity contribution < 1.29 is 19.1 Å². The summed E-state index contributed by atoms with van der Waals surface area (Å²) >= 11 is 6.14. The number of aliphatic imine (C=N–C) groups is 1. The van der Waals surface area contributed by atoms with Crippen molar-refractivity contribution in [3.63, 3.8) is 0 Å². The summed E-state index contributed by atoms with van der Waals surface area (Å²) in [5.41, 5.74) is 2.88. The zero-order valence-corrected chi connectivity index (χ0v) is 16.7. The van der Waals surface area contributed by atoms with Crippen LogP contribution in [-0.4, -0.2) is 17.8 Å². The Labute approximate surface area is 178 Å². The Bertz CT molecular complexity index is 1200. The molecule has 0 atom stereocenters. The molecule has 6 heteroatoms. The van der Waals surface area contributed by atoms with E-state index in [-0.39, 0.29) is 11.6 Å². The van der Waals surface area contributed by atoms with Crippen LogP contribution in [0.25, 0.3) is 6.08 Å². The number of hydrogen-bond donors (Lipinski definition) is 0. The van der Waals surface area contributed by atoms with Crippen LogP contribution in [0.3, 0.4) is 0 Å². The van der Waals surface area contributed by atoms with Gasteiger partial charge in [-0.25, -0.2) is 14.6 Å². The summed E-state index contributed by atoms with van der Waals surface area (Å²) in [6.07, 6.45) is 1.60. The predicted octanol–water partition coefficient (Wildman–Crippen LogP) is 5.21. The van der Waals surface area contributed by atoms with Crippen LogP contribution in [0.2, 0.25) is 5.02 Å². The smallest absolute Gasteiger partial charge is 0.363 e. The third-order valence-electron chi connectivity index (χ3n) is 4.37. The highest BCUT2D eigenvalue weighted by molar-refractivity contribution is 6.34. The fourth-order valence-electron chi connectivity index (χ4n) is 2.89. The molecule has 0 saturated carbocycles. The molecule has 3 aromatic carbocycles. The molecule has 0 amide bonds. The van der Waals surface area contributed by atoms with Crippen LogP contribution in [0.15, 0.2) is 83.5 Å². The van der Waals surface area contributed by atoms with Gasteiger partial charge in [-0.05, 0) is 55.0 Å². The molecule has 0 aliphatic carbocycles. The van der Waals surface area contributed by atoms with Crippen LogP contribution in [0.1, 0.15) is 27.0 Å². The van der Waals surface area contributed by atoms with Gasteiger partial charge < -0.3 is 9.47 Å². The Morgan fingerprint density at radius 3 is 2.53 bits per heavy atom. The fourth-order valence-corrected chi connectivity index (χ4v) is 3.10. The van der Waals surface area contributed by atoms with Gasteiger partial charge in [-0.3, -0.25) is 0 Å². The molecule has 0 radical (unpaired) electrons. The van der Waals surface area contributed by atoms with Gasteiger partial charge in [-0.1, -0.05) is 53.6 Å². The summed E-state index contributed by atoms with van der Waals surface area (Å²) in [6, 6.07) is 20.9. The molecule has 1 aliphatic heterocycles. The lowest BCUT2D eigenvalue weighted by molar-refractivity contribution is -0.129. The maximum atomic E-state index is 12.2. The Balaban J connectivity index is 1.50. The second-order valence-electron chi connectivity index (χ2n) is 6.64. The van der Waals surface area contributed by atoms with Gasteiger partial charge >= 0.3 is 11.9 Å². The van der Waals surface area contributed by atoms with E-state index >= 15 is 0 Å². The first-order chi connectivity index (χ1) is 14.5. The number of ether oxygens (including phenoxy) is 2. The normalized spacial score (nSPS) is 14.4. The Hall–Kier alpha value is -3.70. The second kappa shape index (κ2) is 8.35. The van der Waals surface area contributed by atoms with Crippen LogP contribution in [0.5, 0.6) is 5.75 Å². The summed E-state index contributed by atoms with van der Waals surface area (Å²) in [5, 5.41) is 0.449. The van der Waals surface area contributed by atoms with Crippen molar-refractivity contribution in [2.45, 2.75) is 6.92 Å². The summed E-state index contributed by atoms with van der Waals surface area (Å²) in [6.45, 7) is 1.91. The zero-order valence-electron chi connectivity index (χ0n) is 16.0. The summed E-state index contributed by atoms with van der Waals surface area (Å²) in [5.74, 6) is -0.420. The number of hydrogen-bond acceptors (Lipinski definition) is 5. The van der Waals surface area contributed by atoms with Gasteiger partial charge in [-0.2, -0.15) is 0 Å². The first-order valence-electron chi connectivity index (χ1n) is 9.16. The SMILES string of the molecule is Cc1cccc(C(=O)Oc2ccc(/C=C3/N=C(c4ccccc4Cl)OC3=O)cc2)c1. The second-order valence-corrected chi connectivity index (χ2v) is 7.05. The minimum Gasteiger partial charge on any atom is -0.423 e. The molecular formula is C24H16ClNO4. The van der Waals surface area contributed by atoms with Crippen molar-refractivity contribution in [1.82, 2.24) is 0 Å². The van der Waals surface area contributed by atoms with Crippen LogP contribution >= 0.6 is 11.6 Å². The topological polar surface area (TPSA) is 65.0 Å². The largest absolute Gasteiger partial charge is 0.423 e. The monoisotopic (exact) mass is 417 g/mol. The van der Waals surface area contributed by atoms with E-state index in [1.165, 1.54) is 0 Å². The molecule has 0 N–H and O–H groups in total. The molecule has 0 saturated heterocycles. The molecule has 0 spiro atoms. The van der Waals surface area contributed by atoms with E-state index in [1.807, 2.05) is 13.0 Å². The number of carbonyl (C=O) groups excluding carboxylic acids is 2. The Morgan fingerprint density at radius 2 is 1.80 bits per heavy atom. The molecule has 148 valence electrons. The molecule has 1 aliphatic rings. The highest BCUT2D eigenvalue weighted by Gasteiger charge is 2.25. The van der Waals surface area contributed by atoms with Gasteiger partial charge in [-0.15, -0.1) is 0 Å². The molecule has 0 bridgehead atoms. The minimum absolute atomic E-state index is 0.162. The molecule has 4 rings (SSSR count). The molecular weight excluding hydrogens is 402 g/mol. The molecule has 5 nitrogen and oxygen atoms in total. The van der Waals surface area contributed by atoms with Crippen LogP contribution in [0, 0.1) is 6.92 Å². The van der Waals surface area contributed by atoms with Crippen LogP contribution < -0.4 is 4.74 Å². The standard InChI is InChI=1S/C24H16ClNO4/c1-15-5-4-6-17(13-15)23(27)29-18-11-9-16(10-12-18)14-21-24(28)30-22(26-21)19-7-2-3-8-20(19)25/h2-14H,1H3/b21-14+. The maximum absolute atomic E-state index is 12.2. The van der Waals surface area contributed by atoms with Crippen LogP contribution in [-0.2, 0) is 9.53 Å². The third-order valence-corrected chi connectivity index (χ3v) is 4.70. The van der Waals surface area contributed by atoms with Crippen molar-refractivity contribution in [3.8, 4) is 5.75 Å². The number of nitrogens with zero attached hydrogens (tertiary/aromatic N) is 1. The Morgan fingerprint density at radius 1 is 1.03 bits per heavy atom. The first-order valence-corrected chi connectivity index (χ1v) is 9.54. The van der Waals surface area contributed by atoms with Crippen molar-refractivity contribution in [2.24, 2.45) is 4.99 Å². The fraction of sp³-hybridized carbons (Fsp3) is 0.0417. The molecule has 3 aromatic rings. The number of esters is 2. The van der Waals surface area contributed by atoms with Gasteiger partial charge in [0.05, 0.1) is 16.1 Å². The molecule has 30 heavy (non-hydrogen) atoms. The van der Waals surface area contributed by atoms with E-state index < -0.39 is 11.9 Å². The number of benzene rings is 3. The number of halogens is 1. The third kappa shape index (κ3) is 4.31. The van der Waals surface area contributed by atoms with Crippen molar-refractivity contribution in [1.29, 1.82) is 0 Å². The van der Waals surface area contributed by atoms with Crippen molar-refractivity contribution in [3.05, 3.63) is 106 Å². The number of carbonyl (C=O) groups is 2. The maximum Gasteiger partial charge on any atom is 0.363 e. The van der Waals surface area contributed by atoms with E-state index in [2.05, 4.69) is 4.99 Å². The van der Waals surface area contributed by atoms with E-state index in [0.717, 1.165) is 5.56 Å². The van der Waals surface area contributed by atoms with Gasteiger partial charge in [0.2, 0.25) is 5.90 Å². The predicted molar refractivity (Wildman–Crippen MR) is 115 cm³/mol. The summed E-state index contributed by atoms with van der Waals surface area (Å²) in [4.78, 5) is 28.7. The minimum atomic E-state index is -0.556. The van der Waals surface area contributed by atoms with Gasteiger partial charge in [0.25, 0.3) is 0 Å². The summed E-state index contributed by atoms with van der Waals surface area (Å²) in [7, 11) is 0. The number of cyclic esters (lactones) is 1. The van der Waals surface area contributed by atoms with E-state index in [0.29, 0.717) is 27.5 Å². The van der Waals surface area contributed by atoms with E-state index in [4.69, 9.17) is 21.1 Å². The average molecular weight is 418 g/mol. The van der Waals surface area contributed by atoms with Crippen molar-refractivity contribution >= 4 is 35.5 Å². The Kier molecular flexibility index (Phi) is 5.46. The van der Waals surface area contributed by atoms with Crippen molar-refractivity contribution in [2.75, 3.05) is 0 Å². The lowest BCUT2D eigenvalue weighted by atomic mass is 10.1. The highest BCUT2D eigenvalue weighted by Crippen LogP contribution is 2.24. The zero-order chi connectivity index (χ0) is 21.1. The molecule has 0 aromatic heterocycles. The number of rotatable bonds is 4. The summed E-state index contributed by atoms with van der Waals surface area (Å²) < 4.78 is 10.6.